The maximum atomic E-state index is 13.1. The molecule has 0 aliphatic carbocycles. The first-order valence-corrected chi connectivity index (χ1v) is 11.6. The third-order valence-corrected chi connectivity index (χ3v) is 6.97. The van der Waals surface area contributed by atoms with E-state index in [0.717, 1.165) is 28.4 Å². The van der Waals surface area contributed by atoms with Crippen LogP contribution in [0.4, 0.5) is 0 Å². The molecule has 1 fully saturated rings. The SMILES string of the molecule is O=c1c2sc(-c3ccc(Cl)cc3)cc2ncn1-c1ccc(OCCN2CCCC2)cc1. The molecule has 5 rings (SSSR count). The molecule has 4 aromatic rings. The van der Waals surface area contributed by atoms with Crippen molar-refractivity contribution in [3.05, 3.63) is 76.3 Å². The van der Waals surface area contributed by atoms with Crippen molar-refractivity contribution in [1.82, 2.24) is 14.5 Å². The summed E-state index contributed by atoms with van der Waals surface area (Å²) < 4.78 is 8.09. The molecule has 0 radical (unpaired) electrons. The molecular weight excluding hydrogens is 430 g/mol. The highest BCUT2D eigenvalue weighted by molar-refractivity contribution is 7.22. The summed E-state index contributed by atoms with van der Waals surface area (Å²) in [5.74, 6) is 0.811. The van der Waals surface area contributed by atoms with Crippen molar-refractivity contribution >= 4 is 33.2 Å². The summed E-state index contributed by atoms with van der Waals surface area (Å²) in [4.78, 5) is 21.0. The molecule has 0 atom stereocenters. The van der Waals surface area contributed by atoms with Gasteiger partial charge < -0.3 is 4.74 Å². The Labute approximate surface area is 189 Å². The van der Waals surface area contributed by atoms with Gasteiger partial charge in [-0.2, -0.15) is 0 Å². The average molecular weight is 452 g/mol. The fraction of sp³-hybridized carbons (Fsp3) is 0.250. The van der Waals surface area contributed by atoms with E-state index < -0.39 is 0 Å². The third kappa shape index (κ3) is 4.37. The molecule has 0 unspecified atom stereocenters. The molecule has 0 saturated carbocycles. The Bertz CT molecular complexity index is 1240. The molecule has 158 valence electrons. The van der Waals surface area contributed by atoms with Gasteiger partial charge in [-0.15, -0.1) is 11.3 Å². The van der Waals surface area contributed by atoms with E-state index in [4.69, 9.17) is 16.3 Å². The number of hydrogen-bond acceptors (Lipinski definition) is 5. The maximum Gasteiger partial charge on any atom is 0.275 e. The quantitative estimate of drug-likeness (QED) is 0.402. The Morgan fingerprint density at radius 1 is 1.03 bits per heavy atom. The molecule has 31 heavy (non-hydrogen) atoms. The van der Waals surface area contributed by atoms with Gasteiger partial charge in [0.05, 0.1) is 11.2 Å². The first kappa shape index (κ1) is 20.2. The predicted octanol–water partition coefficient (Wildman–Crippen LogP) is 5.24. The number of benzene rings is 2. The van der Waals surface area contributed by atoms with Crippen molar-refractivity contribution in [3.63, 3.8) is 0 Å². The van der Waals surface area contributed by atoms with Crippen molar-refractivity contribution in [2.24, 2.45) is 0 Å². The number of rotatable bonds is 6. The minimum absolute atomic E-state index is 0.0714. The normalized spacial score (nSPS) is 14.4. The van der Waals surface area contributed by atoms with Crippen LogP contribution in [0.5, 0.6) is 5.75 Å². The number of thiophene rings is 1. The Morgan fingerprint density at radius 3 is 2.52 bits per heavy atom. The Morgan fingerprint density at radius 2 is 1.77 bits per heavy atom. The predicted molar refractivity (Wildman–Crippen MR) is 127 cm³/mol. The fourth-order valence-corrected chi connectivity index (χ4v) is 5.03. The molecule has 3 heterocycles. The Hall–Kier alpha value is -2.67. The number of halogens is 1. The summed E-state index contributed by atoms with van der Waals surface area (Å²) in [6.45, 7) is 3.97. The van der Waals surface area contributed by atoms with E-state index in [1.54, 1.807) is 10.9 Å². The topological polar surface area (TPSA) is 47.4 Å². The minimum Gasteiger partial charge on any atom is -0.492 e. The van der Waals surface area contributed by atoms with Gasteiger partial charge in [0.15, 0.2) is 0 Å². The molecular formula is C24H22ClN3O2S. The van der Waals surface area contributed by atoms with Crippen molar-refractivity contribution in [2.45, 2.75) is 12.8 Å². The average Bonchev–Trinajstić information content (AvgIpc) is 3.46. The third-order valence-electron chi connectivity index (χ3n) is 5.56. The van der Waals surface area contributed by atoms with E-state index in [1.807, 2.05) is 54.6 Å². The van der Waals surface area contributed by atoms with Crippen molar-refractivity contribution in [1.29, 1.82) is 0 Å². The second kappa shape index (κ2) is 8.83. The van der Waals surface area contributed by atoms with Crippen molar-refractivity contribution in [2.75, 3.05) is 26.2 Å². The van der Waals surface area contributed by atoms with Crippen LogP contribution in [0.3, 0.4) is 0 Å². The van der Waals surface area contributed by atoms with Crippen LogP contribution in [-0.2, 0) is 0 Å². The monoisotopic (exact) mass is 451 g/mol. The molecule has 1 aliphatic heterocycles. The summed E-state index contributed by atoms with van der Waals surface area (Å²) in [7, 11) is 0. The summed E-state index contributed by atoms with van der Waals surface area (Å²) in [5.41, 5.74) is 2.43. The zero-order chi connectivity index (χ0) is 21.2. The first-order chi connectivity index (χ1) is 15.2. The highest BCUT2D eigenvalue weighted by atomic mass is 35.5. The number of nitrogens with zero attached hydrogens (tertiary/aromatic N) is 3. The van der Waals surface area contributed by atoms with Crippen LogP contribution < -0.4 is 10.3 Å². The molecule has 5 nitrogen and oxygen atoms in total. The molecule has 0 bridgehead atoms. The van der Waals surface area contributed by atoms with E-state index in [2.05, 4.69) is 9.88 Å². The van der Waals surface area contributed by atoms with Crippen molar-refractivity contribution < 1.29 is 4.74 Å². The Kier molecular flexibility index (Phi) is 5.76. The van der Waals surface area contributed by atoms with E-state index in [0.29, 0.717) is 21.8 Å². The molecule has 2 aromatic heterocycles. The van der Waals surface area contributed by atoms with Crippen molar-refractivity contribution in [3.8, 4) is 21.9 Å². The molecule has 0 N–H and O–H groups in total. The standard InChI is InChI=1S/C24H22ClN3O2S/c25-18-5-3-17(4-6-18)22-15-21-23(31-22)24(29)28(16-26-21)19-7-9-20(10-8-19)30-14-13-27-11-1-2-12-27/h3-10,15-16H,1-2,11-14H2. The number of aromatic nitrogens is 2. The van der Waals surface area contributed by atoms with Crippen LogP contribution in [0.15, 0.2) is 65.7 Å². The van der Waals surface area contributed by atoms with Crippen LogP contribution in [0.1, 0.15) is 12.8 Å². The molecule has 0 spiro atoms. The number of likely N-dealkylation sites (tertiary alicyclic amines) is 1. The minimum atomic E-state index is -0.0714. The second-order valence-corrected chi connectivity index (χ2v) is 9.13. The molecule has 2 aromatic carbocycles. The summed E-state index contributed by atoms with van der Waals surface area (Å²) in [6, 6.07) is 17.2. The van der Waals surface area contributed by atoms with E-state index in [9.17, 15) is 4.79 Å². The molecule has 1 aliphatic rings. The lowest BCUT2D eigenvalue weighted by Crippen LogP contribution is -2.25. The van der Waals surface area contributed by atoms with Gasteiger partial charge in [-0.3, -0.25) is 14.3 Å². The first-order valence-electron chi connectivity index (χ1n) is 10.4. The van der Waals surface area contributed by atoms with E-state index in [1.165, 1.54) is 37.3 Å². The molecule has 7 heteroatoms. The van der Waals surface area contributed by atoms with Crippen LogP contribution in [-0.4, -0.2) is 40.7 Å². The van der Waals surface area contributed by atoms with Crippen LogP contribution in [0.25, 0.3) is 26.3 Å². The van der Waals surface area contributed by atoms with E-state index in [-0.39, 0.29) is 5.56 Å². The second-order valence-electron chi connectivity index (χ2n) is 7.64. The highest BCUT2D eigenvalue weighted by Gasteiger charge is 2.13. The van der Waals surface area contributed by atoms with Crippen LogP contribution in [0, 0.1) is 0 Å². The number of fused-ring (bicyclic) bond motifs is 1. The van der Waals surface area contributed by atoms with Gasteiger partial charge in [-0.1, -0.05) is 23.7 Å². The lowest BCUT2D eigenvalue weighted by Gasteiger charge is -2.15. The van der Waals surface area contributed by atoms with Gasteiger partial charge in [0.25, 0.3) is 5.56 Å². The summed E-state index contributed by atoms with van der Waals surface area (Å²) >= 11 is 7.44. The fourth-order valence-electron chi connectivity index (χ4n) is 3.85. The van der Waals surface area contributed by atoms with Gasteiger partial charge in [0, 0.05) is 16.4 Å². The zero-order valence-electron chi connectivity index (χ0n) is 17.0. The lowest BCUT2D eigenvalue weighted by atomic mass is 10.2. The number of ether oxygens (including phenoxy) is 1. The molecule has 0 amide bonds. The Balaban J connectivity index is 1.35. The summed E-state index contributed by atoms with van der Waals surface area (Å²) in [6.07, 6.45) is 4.16. The van der Waals surface area contributed by atoms with Gasteiger partial charge in [0.1, 0.15) is 23.4 Å². The summed E-state index contributed by atoms with van der Waals surface area (Å²) in [5, 5.41) is 0.689. The maximum absolute atomic E-state index is 13.1. The zero-order valence-corrected chi connectivity index (χ0v) is 18.5. The van der Waals surface area contributed by atoms with Gasteiger partial charge in [0.2, 0.25) is 0 Å². The molecule has 1 saturated heterocycles. The number of hydrogen-bond donors (Lipinski definition) is 0. The van der Waals surface area contributed by atoms with E-state index >= 15 is 0 Å². The van der Waals surface area contributed by atoms with Gasteiger partial charge in [-0.05, 0) is 74.0 Å². The van der Waals surface area contributed by atoms with Gasteiger partial charge >= 0.3 is 0 Å². The lowest BCUT2D eigenvalue weighted by molar-refractivity contribution is 0.238. The van der Waals surface area contributed by atoms with Gasteiger partial charge in [-0.25, -0.2) is 4.98 Å². The van der Waals surface area contributed by atoms with Crippen LogP contribution >= 0.6 is 22.9 Å². The largest absolute Gasteiger partial charge is 0.492 e. The highest BCUT2D eigenvalue weighted by Crippen LogP contribution is 2.31. The smallest absolute Gasteiger partial charge is 0.275 e. The van der Waals surface area contributed by atoms with Crippen LogP contribution in [0.2, 0.25) is 5.02 Å².